The Bertz CT molecular complexity index is 93.6. The van der Waals surface area contributed by atoms with Gasteiger partial charge in [0.15, 0.2) is 0 Å². The summed E-state index contributed by atoms with van der Waals surface area (Å²) in [5.74, 6) is 0.669. The highest BCUT2D eigenvalue weighted by atomic mass is 32.1. The number of methoxy groups -OCH3 is 1. The molecule has 0 aliphatic heterocycles. The fraction of sp³-hybridized carbons (Fsp3) is 1.00. The highest BCUT2D eigenvalue weighted by Gasteiger charge is 2.09. The maximum absolute atomic E-state index is 5.15. The third-order valence-electron chi connectivity index (χ3n) is 2.04. The summed E-state index contributed by atoms with van der Waals surface area (Å²) in [6, 6.07) is 0. The molecule has 2 heteroatoms. The molecule has 0 radical (unpaired) electrons. The van der Waals surface area contributed by atoms with Crippen LogP contribution in [0.4, 0.5) is 0 Å². The van der Waals surface area contributed by atoms with E-state index in [-0.39, 0.29) is 0 Å². The second-order valence-electron chi connectivity index (χ2n) is 3.44. The third-order valence-corrected chi connectivity index (χ3v) is 2.90. The molecule has 0 aromatic heterocycles. The molecule has 2 atom stereocenters. The Labute approximate surface area is 75.9 Å². The van der Waals surface area contributed by atoms with E-state index in [0.29, 0.717) is 17.3 Å². The molecular formula is C9H20OS. The van der Waals surface area contributed by atoms with E-state index in [1.807, 2.05) is 0 Å². The van der Waals surface area contributed by atoms with Crippen molar-refractivity contribution in [1.29, 1.82) is 0 Å². The zero-order valence-corrected chi connectivity index (χ0v) is 8.90. The van der Waals surface area contributed by atoms with Gasteiger partial charge in [-0.2, -0.15) is 12.6 Å². The van der Waals surface area contributed by atoms with Crippen LogP contribution in [0.2, 0.25) is 0 Å². The highest BCUT2D eigenvalue weighted by molar-refractivity contribution is 7.81. The van der Waals surface area contributed by atoms with E-state index in [9.17, 15) is 0 Å². The smallest absolute Gasteiger partial charge is 0.0543 e. The molecular weight excluding hydrogens is 156 g/mol. The summed E-state index contributed by atoms with van der Waals surface area (Å²) in [7, 11) is 1.76. The molecule has 0 saturated carbocycles. The molecule has 2 unspecified atom stereocenters. The van der Waals surface area contributed by atoms with Crippen LogP contribution in [-0.4, -0.2) is 18.5 Å². The van der Waals surface area contributed by atoms with E-state index < -0.39 is 0 Å². The van der Waals surface area contributed by atoms with E-state index in [1.165, 1.54) is 0 Å². The molecule has 0 bridgehead atoms. The first kappa shape index (κ1) is 11.3. The van der Waals surface area contributed by atoms with Gasteiger partial charge in [-0.3, -0.25) is 0 Å². The lowest BCUT2D eigenvalue weighted by Crippen LogP contribution is -2.12. The molecule has 0 aliphatic rings. The number of ether oxygens (including phenoxy) is 1. The molecule has 0 spiro atoms. The van der Waals surface area contributed by atoms with E-state index in [2.05, 4.69) is 33.4 Å². The Morgan fingerprint density at radius 2 is 1.73 bits per heavy atom. The minimum Gasteiger partial charge on any atom is -0.382 e. The average molecular weight is 176 g/mol. The summed E-state index contributed by atoms with van der Waals surface area (Å²) >= 11 is 4.48. The van der Waals surface area contributed by atoms with Crippen LogP contribution in [0.3, 0.4) is 0 Å². The molecule has 0 fully saturated rings. The minimum atomic E-state index is 0.378. The fourth-order valence-electron chi connectivity index (χ4n) is 0.857. The Hall–Kier alpha value is 0.310. The molecule has 0 saturated heterocycles. The highest BCUT2D eigenvalue weighted by Crippen LogP contribution is 2.16. The Morgan fingerprint density at radius 1 is 1.18 bits per heavy atom. The predicted molar refractivity (Wildman–Crippen MR) is 53.3 cm³/mol. The van der Waals surface area contributed by atoms with Gasteiger partial charge in [0.2, 0.25) is 0 Å². The van der Waals surface area contributed by atoms with E-state index in [1.54, 1.807) is 7.11 Å². The molecule has 0 heterocycles. The van der Waals surface area contributed by atoms with Gasteiger partial charge in [0.05, 0.1) is 6.10 Å². The molecule has 0 amide bonds. The molecule has 68 valence electrons. The lowest BCUT2D eigenvalue weighted by molar-refractivity contribution is 0.108. The van der Waals surface area contributed by atoms with Gasteiger partial charge >= 0.3 is 0 Å². The van der Waals surface area contributed by atoms with Crippen molar-refractivity contribution >= 4 is 12.6 Å². The molecule has 0 aliphatic carbocycles. The summed E-state index contributed by atoms with van der Waals surface area (Å²) in [4.78, 5) is 0. The maximum atomic E-state index is 5.15. The fourth-order valence-corrected chi connectivity index (χ4v) is 1.01. The van der Waals surface area contributed by atoms with Crippen LogP contribution in [0.1, 0.15) is 33.6 Å². The summed E-state index contributed by atoms with van der Waals surface area (Å²) in [5.41, 5.74) is 0. The van der Waals surface area contributed by atoms with Gasteiger partial charge in [0.25, 0.3) is 0 Å². The van der Waals surface area contributed by atoms with Crippen molar-refractivity contribution in [2.24, 2.45) is 5.92 Å². The zero-order valence-electron chi connectivity index (χ0n) is 8.00. The van der Waals surface area contributed by atoms with Gasteiger partial charge in [0, 0.05) is 12.4 Å². The van der Waals surface area contributed by atoms with Crippen molar-refractivity contribution in [2.75, 3.05) is 7.11 Å². The van der Waals surface area contributed by atoms with Crippen molar-refractivity contribution in [3.05, 3.63) is 0 Å². The van der Waals surface area contributed by atoms with Gasteiger partial charge in [0.1, 0.15) is 0 Å². The molecule has 0 aromatic rings. The van der Waals surface area contributed by atoms with Crippen molar-refractivity contribution in [3.8, 4) is 0 Å². The molecule has 0 N–H and O–H groups in total. The second kappa shape index (κ2) is 5.90. The summed E-state index contributed by atoms with van der Waals surface area (Å²) in [5, 5.41) is 0.521. The normalized spacial score (nSPS) is 16.9. The Morgan fingerprint density at radius 3 is 2.09 bits per heavy atom. The zero-order chi connectivity index (χ0) is 8.85. The standard InChI is InChI=1S/C9H20OS/c1-7(2)9(11)6-5-8(3)10-4/h7-9,11H,5-6H2,1-4H3. The average Bonchev–Trinajstić information content (AvgIpc) is 1.99. The van der Waals surface area contributed by atoms with Gasteiger partial charge < -0.3 is 4.74 Å². The number of hydrogen-bond donors (Lipinski definition) is 1. The van der Waals surface area contributed by atoms with Gasteiger partial charge in [-0.15, -0.1) is 0 Å². The van der Waals surface area contributed by atoms with Gasteiger partial charge in [-0.25, -0.2) is 0 Å². The summed E-state index contributed by atoms with van der Waals surface area (Å²) in [6.07, 6.45) is 2.64. The monoisotopic (exact) mass is 176 g/mol. The van der Waals surface area contributed by atoms with Crippen LogP contribution in [0.25, 0.3) is 0 Å². The number of rotatable bonds is 5. The molecule has 1 nitrogen and oxygen atoms in total. The van der Waals surface area contributed by atoms with E-state index >= 15 is 0 Å². The number of thiol groups is 1. The van der Waals surface area contributed by atoms with Crippen molar-refractivity contribution in [2.45, 2.75) is 45.0 Å². The summed E-state index contributed by atoms with van der Waals surface area (Å²) in [6.45, 7) is 6.51. The van der Waals surface area contributed by atoms with Crippen LogP contribution < -0.4 is 0 Å². The lowest BCUT2D eigenvalue weighted by atomic mass is 10.0. The lowest BCUT2D eigenvalue weighted by Gasteiger charge is -2.16. The maximum Gasteiger partial charge on any atom is 0.0543 e. The first-order valence-corrected chi connectivity index (χ1v) is 4.80. The van der Waals surface area contributed by atoms with Crippen LogP contribution >= 0.6 is 12.6 Å². The van der Waals surface area contributed by atoms with E-state index in [0.717, 1.165) is 12.8 Å². The minimum absolute atomic E-state index is 0.378. The first-order valence-electron chi connectivity index (χ1n) is 4.28. The quantitative estimate of drug-likeness (QED) is 0.634. The number of hydrogen-bond acceptors (Lipinski definition) is 2. The van der Waals surface area contributed by atoms with Crippen molar-refractivity contribution in [3.63, 3.8) is 0 Å². The first-order chi connectivity index (χ1) is 5.07. The SMILES string of the molecule is COC(C)CCC(S)C(C)C. The van der Waals surface area contributed by atoms with Crippen LogP contribution in [0.15, 0.2) is 0 Å². The van der Waals surface area contributed by atoms with Crippen LogP contribution in [0.5, 0.6) is 0 Å². The predicted octanol–water partition coefficient (Wildman–Crippen LogP) is 2.76. The largest absolute Gasteiger partial charge is 0.382 e. The topological polar surface area (TPSA) is 9.23 Å². The van der Waals surface area contributed by atoms with Gasteiger partial charge in [-0.05, 0) is 25.7 Å². The second-order valence-corrected chi connectivity index (χ2v) is 4.10. The van der Waals surface area contributed by atoms with Crippen LogP contribution in [-0.2, 0) is 4.74 Å². The third kappa shape index (κ3) is 5.57. The Balaban J connectivity index is 3.37. The molecule has 11 heavy (non-hydrogen) atoms. The van der Waals surface area contributed by atoms with Gasteiger partial charge in [-0.1, -0.05) is 13.8 Å². The molecule has 0 aromatic carbocycles. The van der Waals surface area contributed by atoms with Crippen molar-refractivity contribution < 1.29 is 4.74 Å². The van der Waals surface area contributed by atoms with Crippen LogP contribution in [0, 0.1) is 5.92 Å². The summed E-state index contributed by atoms with van der Waals surface area (Å²) < 4.78 is 5.15. The van der Waals surface area contributed by atoms with E-state index in [4.69, 9.17) is 4.74 Å². The van der Waals surface area contributed by atoms with Crippen molar-refractivity contribution in [1.82, 2.24) is 0 Å². The molecule has 0 rings (SSSR count). The Kier molecular flexibility index (Phi) is 6.06.